The van der Waals surface area contributed by atoms with Crippen molar-refractivity contribution in [2.75, 3.05) is 18.4 Å². The van der Waals surface area contributed by atoms with E-state index in [-0.39, 0.29) is 0 Å². The van der Waals surface area contributed by atoms with Crippen molar-refractivity contribution in [3.63, 3.8) is 0 Å². The van der Waals surface area contributed by atoms with Gasteiger partial charge in [0.15, 0.2) is 5.65 Å². The summed E-state index contributed by atoms with van der Waals surface area (Å²) in [7, 11) is 0. The van der Waals surface area contributed by atoms with Gasteiger partial charge in [-0.15, -0.1) is 0 Å². The number of nitrogens with zero attached hydrogens (tertiary/aromatic N) is 3. The lowest BCUT2D eigenvalue weighted by atomic mass is 10.1. The first-order valence-electron chi connectivity index (χ1n) is 7.56. The Labute approximate surface area is 130 Å². The molecule has 0 aliphatic carbocycles. The molecule has 0 atom stereocenters. The highest BCUT2D eigenvalue weighted by Gasteiger charge is 2.09. The average molecular weight is 295 g/mol. The van der Waals surface area contributed by atoms with E-state index in [0.717, 1.165) is 41.4 Å². The van der Waals surface area contributed by atoms with Gasteiger partial charge in [0.1, 0.15) is 5.82 Å². The van der Waals surface area contributed by atoms with Crippen LogP contribution in [0.4, 0.5) is 5.82 Å². The summed E-state index contributed by atoms with van der Waals surface area (Å²) >= 11 is 0. The Bertz CT molecular complexity index is 774. The zero-order valence-electron chi connectivity index (χ0n) is 13.0. The molecular weight excluding hydrogens is 274 g/mol. The monoisotopic (exact) mass is 295 g/mol. The van der Waals surface area contributed by atoms with E-state index in [4.69, 9.17) is 10.8 Å². The molecule has 5 heteroatoms. The summed E-state index contributed by atoms with van der Waals surface area (Å²) in [5, 5.41) is 8.08. The zero-order chi connectivity index (χ0) is 15.5. The Morgan fingerprint density at radius 1 is 1.14 bits per heavy atom. The number of rotatable bonds is 5. The third kappa shape index (κ3) is 2.94. The van der Waals surface area contributed by atoms with Crippen molar-refractivity contribution < 1.29 is 0 Å². The molecule has 5 nitrogen and oxygen atoms in total. The molecule has 0 bridgehead atoms. The SMILES string of the molecule is Cc1ccc(-c2cc3nc(C)cc(NCCCN)n3n2)cc1. The van der Waals surface area contributed by atoms with Gasteiger partial charge in [-0.25, -0.2) is 4.98 Å². The maximum absolute atomic E-state index is 5.55. The minimum absolute atomic E-state index is 0.675. The van der Waals surface area contributed by atoms with Gasteiger partial charge in [-0.1, -0.05) is 29.8 Å². The smallest absolute Gasteiger partial charge is 0.158 e. The summed E-state index contributed by atoms with van der Waals surface area (Å²) in [6.07, 6.45) is 0.926. The maximum Gasteiger partial charge on any atom is 0.158 e. The highest BCUT2D eigenvalue weighted by Crippen LogP contribution is 2.22. The molecule has 0 aliphatic rings. The van der Waals surface area contributed by atoms with Gasteiger partial charge in [-0.3, -0.25) is 0 Å². The molecule has 114 valence electrons. The first kappa shape index (κ1) is 14.5. The first-order valence-corrected chi connectivity index (χ1v) is 7.56. The quantitative estimate of drug-likeness (QED) is 0.710. The number of nitrogens with one attached hydrogen (secondary N) is 1. The van der Waals surface area contributed by atoms with Crippen molar-refractivity contribution >= 4 is 11.5 Å². The lowest BCUT2D eigenvalue weighted by Gasteiger charge is -2.08. The third-order valence-corrected chi connectivity index (χ3v) is 3.59. The second-order valence-corrected chi connectivity index (χ2v) is 5.52. The number of aryl methyl sites for hydroxylation is 2. The van der Waals surface area contributed by atoms with E-state index in [1.54, 1.807) is 0 Å². The molecule has 0 unspecified atom stereocenters. The van der Waals surface area contributed by atoms with E-state index < -0.39 is 0 Å². The van der Waals surface area contributed by atoms with E-state index in [0.29, 0.717) is 6.54 Å². The molecule has 1 aromatic carbocycles. The molecule has 22 heavy (non-hydrogen) atoms. The number of benzene rings is 1. The molecule has 0 spiro atoms. The second kappa shape index (κ2) is 6.15. The van der Waals surface area contributed by atoms with Crippen molar-refractivity contribution in [1.82, 2.24) is 14.6 Å². The van der Waals surface area contributed by atoms with Crippen LogP contribution >= 0.6 is 0 Å². The van der Waals surface area contributed by atoms with Crippen LogP contribution in [-0.4, -0.2) is 27.7 Å². The van der Waals surface area contributed by atoms with Crippen LogP contribution in [0.2, 0.25) is 0 Å². The molecule has 0 amide bonds. The molecule has 3 aromatic rings. The van der Waals surface area contributed by atoms with Crippen LogP contribution in [-0.2, 0) is 0 Å². The van der Waals surface area contributed by atoms with Crippen molar-refractivity contribution in [1.29, 1.82) is 0 Å². The molecule has 0 aliphatic heterocycles. The molecule has 0 fully saturated rings. The predicted molar refractivity (Wildman–Crippen MR) is 90.1 cm³/mol. The van der Waals surface area contributed by atoms with E-state index in [1.165, 1.54) is 5.56 Å². The Morgan fingerprint density at radius 2 is 1.91 bits per heavy atom. The van der Waals surface area contributed by atoms with Crippen LogP contribution in [0.3, 0.4) is 0 Å². The van der Waals surface area contributed by atoms with Gasteiger partial charge in [0.05, 0.1) is 5.69 Å². The van der Waals surface area contributed by atoms with Gasteiger partial charge in [-0.05, 0) is 26.8 Å². The fourth-order valence-corrected chi connectivity index (χ4v) is 2.41. The first-order chi connectivity index (χ1) is 10.7. The van der Waals surface area contributed by atoms with Gasteiger partial charge in [-0.2, -0.15) is 9.61 Å². The topological polar surface area (TPSA) is 68.2 Å². The van der Waals surface area contributed by atoms with E-state index in [9.17, 15) is 0 Å². The summed E-state index contributed by atoms with van der Waals surface area (Å²) in [6.45, 7) is 5.58. The van der Waals surface area contributed by atoms with Crippen LogP contribution in [0.1, 0.15) is 17.7 Å². The van der Waals surface area contributed by atoms with Crippen molar-refractivity contribution in [3.8, 4) is 11.3 Å². The molecule has 2 aromatic heterocycles. The third-order valence-electron chi connectivity index (χ3n) is 3.59. The number of hydrogen-bond acceptors (Lipinski definition) is 4. The second-order valence-electron chi connectivity index (χ2n) is 5.52. The van der Waals surface area contributed by atoms with Crippen molar-refractivity contribution in [2.24, 2.45) is 5.73 Å². The van der Waals surface area contributed by atoms with E-state index >= 15 is 0 Å². The van der Waals surface area contributed by atoms with Crippen LogP contribution < -0.4 is 11.1 Å². The van der Waals surface area contributed by atoms with Crippen LogP contribution in [0.15, 0.2) is 36.4 Å². The molecular formula is C17H21N5. The maximum atomic E-state index is 5.55. The van der Waals surface area contributed by atoms with Crippen LogP contribution in [0, 0.1) is 13.8 Å². The summed E-state index contributed by atoms with van der Waals surface area (Å²) in [5.41, 5.74) is 10.6. The molecule has 2 heterocycles. The Morgan fingerprint density at radius 3 is 2.64 bits per heavy atom. The molecule has 3 N–H and O–H groups in total. The summed E-state index contributed by atoms with van der Waals surface area (Å²) in [4.78, 5) is 4.56. The van der Waals surface area contributed by atoms with Gasteiger partial charge < -0.3 is 11.1 Å². The van der Waals surface area contributed by atoms with E-state index in [2.05, 4.69) is 41.5 Å². The van der Waals surface area contributed by atoms with Crippen LogP contribution in [0.5, 0.6) is 0 Å². The molecule has 0 radical (unpaired) electrons. The average Bonchev–Trinajstić information content (AvgIpc) is 2.92. The van der Waals surface area contributed by atoms with Gasteiger partial charge in [0, 0.05) is 29.9 Å². The Kier molecular flexibility index (Phi) is 4.06. The molecule has 0 saturated heterocycles. The predicted octanol–water partition coefficient (Wildman–Crippen LogP) is 2.77. The van der Waals surface area contributed by atoms with Gasteiger partial charge in [0.2, 0.25) is 0 Å². The minimum Gasteiger partial charge on any atom is -0.370 e. The van der Waals surface area contributed by atoms with Crippen LogP contribution in [0.25, 0.3) is 16.9 Å². The fourth-order valence-electron chi connectivity index (χ4n) is 2.41. The number of anilines is 1. The standard InChI is InChI=1S/C17H21N5/c1-12-4-6-14(7-5-12)15-11-17-20-13(2)10-16(22(17)21-15)19-9-3-8-18/h4-7,10-11,19H,3,8-9,18H2,1-2H3. The van der Waals surface area contributed by atoms with Crippen molar-refractivity contribution in [2.45, 2.75) is 20.3 Å². The molecule has 0 saturated carbocycles. The summed E-state index contributed by atoms with van der Waals surface area (Å²) in [6, 6.07) is 12.4. The van der Waals surface area contributed by atoms with E-state index in [1.807, 2.05) is 23.6 Å². The number of aromatic nitrogens is 3. The fraction of sp³-hybridized carbons (Fsp3) is 0.294. The lowest BCUT2D eigenvalue weighted by Crippen LogP contribution is -2.11. The molecule has 3 rings (SSSR count). The largest absolute Gasteiger partial charge is 0.370 e. The Balaban J connectivity index is 2.01. The lowest BCUT2D eigenvalue weighted by molar-refractivity contribution is 0.851. The Hall–Kier alpha value is -2.40. The van der Waals surface area contributed by atoms with Gasteiger partial charge in [0.25, 0.3) is 0 Å². The summed E-state index contributed by atoms with van der Waals surface area (Å²) < 4.78 is 1.86. The zero-order valence-corrected chi connectivity index (χ0v) is 13.0. The number of hydrogen-bond donors (Lipinski definition) is 2. The number of fused-ring (bicyclic) bond motifs is 1. The highest BCUT2D eigenvalue weighted by atomic mass is 15.3. The minimum atomic E-state index is 0.675. The number of nitrogens with two attached hydrogens (primary N) is 1. The normalized spacial score (nSPS) is 11.0. The summed E-state index contributed by atoms with van der Waals surface area (Å²) in [5.74, 6) is 0.953. The van der Waals surface area contributed by atoms with Crippen molar-refractivity contribution in [3.05, 3.63) is 47.7 Å². The van der Waals surface area contributed by atoms with Gasteiger partial charge >= 0.3 is 0 Å². The highest BCUT2D eigenvalue weighted by molar-refractivity contribution is 5.66.